The van der Waals surface area contributed by atoms with Crippen molar-refractivity contribution in [3.05, 3.63) is 42.0 Å². The van der Waals surface area contributed by atoms with E-state index in [0.29, 0.717) is 12.2 Å². The van der Waals surface area contributed by atoms with Crippen molar-refractivity contribution in [2.75, 3.05) is 6.61 Å². The number of allylic oxidation sites excluding steroid dienone is 2. The number of hydrogen-bond donors (Lipinski definition) is 1. The van der Waals surface area contributed by atoms with E-state index in [-0.39, 0.29) is 11.7 Å². The highest BCUT2D eigenvalue weighted by Crippen LogP contribution is 2.12. The number of unbranched alkanes of at least 4 members (excludes halogenated alkanes) is 10. The van der Waals surface area contributed by atoms with E-state index in [1.807, 2.05) is 0 Å². The molecular weight excluding hydrogens is 324 g/mol. The van der Waals surface area contributed by atoms with Gasteiger partial charge in [-0.25, -0.2) is 4.79 Å². The smallest absolute Gasteiger partial charge is 0.338 e. The largest absolute Gasteiger partial charge is 0.508 e. The predicted molar refractivity (Wildman–Crippen MR) is 109 cm³/mol. The lowest BCUT2D eigenvalue weighted by Gasteiger charge is -2.05. The van der Waals surface area contributed by atoms with Gasteiger partial charge in [0, 0.05) is 0 Å². The zero-order valence-electron chi connectivity index (χ0n) is 16.4. The fourth-order valence-electron chi connectivity index (χ4n) is 2.84. The third-order valence-electron chi connectivity index (χ3n) is 4.49. The van der Waals surface area contributed by atoms with Crippen LogP contribution in [0.25, 0.3) is 0 Å². The first-order valence-electron chi connectivity index (χ1n) is 10.3. The molecule has 0 radical (unpaired) electrons. The molecule has 0 saturated carbocycles. The van der Waals surface area contributed by atoms with E-state index in [2.05, 4.69) is 19.1 Å². The molecule has 3 heteroatoms. The Hall–Kier alpha value is -1.77. The number of aromatic hydroxyl groups is 1. The molecule has 0 aliphatic rings. The highest BCUT2D eigenvalue weighted by Gasteiger charge is 2.06. The van der Waals surface area contributed by atoms with Gasteiger partial charge in [-0.2, -0.15) is 0 Å². The minimum atomic E-state index is -0.315. The Kier molecular flexibility index (Phi) is 13.3. The first-order valence-corrected chi connectivity index (χ1v) is 10.3. The van der Waals surface area contributed by atoms with Gasteiger partial charge in [0.05, 0.1) is 12.2 Å². The molecule has 0 spiro atoms. The number of esters is 1. The summed E-state index contributed by atoms with van der Waals surface area (Å²) in [6.07, 6.45) is 19.6. The van der Waals surface area contributed by atoms with Crippen LogP contribution in [0.5, 0.6) is 5.75 Å². The summed E-state index contributed by atoms with van der Waals surface area (Å²) in [5.41, 5.74) is 0.486. The van der Waals surface area contributed by atoms with Crippen molar-refractivity contribution in [1.82, 2.24) is 0 Å². The van der Waals surface area contributed by atoms with Crippen LogP contribution in [-0.4, -0.2) is 17.7 Å². The third kappa shape index (κ3) is 11.7. The number of carbonyl (C=O) groups excluding carboxylic acids is 1. The first kappa shape index (κ1) is 22.3. The van der Waals surface area contributed by atoms with Crippen molar-refractivity contribution in [1.29, 1.82) is 0 Å². The first-order chi connectivity index (χ1) is 12.7. The molecule has 0 aromatic heterocycles. The number of benzene rings is 1. The van der Waals surface area contributed by atoms with Gasteiger partial charge in [0.25, 0.3) is 0 Å². The van der Waals surface area contributed by atoms with Crippen LogP contribution in [0, 0.1) is 0 Å². The standard InChI is InChI=1S/C23H36O3/c1-2-3-4-5-6-7-8-9-10-11-12-13-14-15-20-26-23(25)21-16-18-22(24)19-17-21/h8-9,16-19,24H,2-7,10-15,20H2,1H3/b9-8+. The number of rotatable bonds is 15. The second kappa shape index (κ2) is 15.5. The quantitative estimate of drug-likeness (QED) is 0.212. The van der Waals surface area contributed by atoms with Gasteiger partial charge in [0.1, 0.15) is 5.75 Å². The molecule has 1 aromatic rings. The monoisotopic (exact) mass is 360 g/mol. The number of phenols is 1. The van der Waals surface area contributed by atoms with Crippen molar-refractivity contribution in [3.63, 3.8) is 0 Å². The van der Waals surface area contributed by atoms with Gasteiger partial charge >= 0.3 is 5.97 Å². The second-order valence-electron chi connectivity index (χ2n) is 6.91. The highest BCUT2D eigenvalue weighted by atomic mass is 16.5. The Labute approximate surface area is 159 Å². The highest BCUT2D eigenvalue weighted by molar-refractivity contribution is 5.89. The lowest BCUT2D eigenvalue weighted by Crippen LogP contribution is -2.06. The van der Waals surface area contributed by atoms with Gasteiger partial charge in [0.15, 0.2) is 0 Å². The zero-order valence-corrected chi connectivity index (χ0v) is 16.4. The van der Waals surface area contributed by atoms with Gasteiger partial charge in [-0.3, -0.25) is 0 Å². The molecule has 0 aliphatic heterocycles. The molecule has 1 rings (SSSR count). The summed E-state index contributed by atoms with van der Waals surface area (Å²) in [5, 5.41) is 9.20. The van der Waals surface area contributed by atoms with Crippen LogP contribution in [0.3, 0.4) is 0 Å². The summed E-state index contributed by atoms with van der Waals surface area (Å²) in [6, 6.07) is 6.15. The van der Waals surface area contributed by atoms with E-state index < -0.39 is 0 Å². The van der Waals surface area contributed by atoms with Gasteiger partial charge in [-0.15, -0.1) is 0 Å². The molecular formula is C23H36O3. The molecule has 0 atom stereocenters. The number of hydrogen-bond acceptors (Lipinski definition) is 3. The maximum atomic E-state index is 11.8. The topological polar surface area (TPSA) is 46.5 Å². The maximum absolute atomic E-state index is 11.8. The molecule has 0 heterocycles. The molecule has 0 bridgehead atoms. The van der Waals surface area contributed by atoms with Crippen LogP contribution in [0.1, 0.15) is 94.3 Å². The molecule has 0 aliphatic carbocycles. The summed E-state index contributed by atoms with van der Waals surface area (Å²) in [5.74, 6) is -0.159. The Morgan fingerprint density at radius 3 is 2.00 bits per heavy atom. The van der Waals surface area contributed by atoms with Crippen molar-refractivity contribution in [2.45, 2.75) is 84.0 Å². The normalized spacial score (nSPS) is 11.1. The molecule has 1 aromatic carbocycles. The zero-order chi connectivity index (χ0) is 18.9. The Balaban J connectivity index is 1.87. The van der Waals surface area contributed by atoms with E-state index >= 15 is 0 Å². The number of ether oxygens (including phenoxy) is 1. The minimum Gasteiger partial charge on any atom is -0.508 e. The average molecular weight is 361 g/mol. The van der Waals surface area contributed by atoms with Crippen LogP contribution >= 0.6 is 0 Å². The Morgan fingerprint density at radius 2 is 1.38 bits per heavy atom. The third-order valence-corrected chi connectivity index (χ3v) is 4.49. The Bertz CT molecular complexity index is 491. The van der Waals surface area contributed by atoms with E-state index in [0.717, 1.165) is 12.8 Å². The van der Waals surface area contributed by atoms with Crippen LogP contribution < -0.4 is 0 Å². The van der Waals surface area contributed by atoms with Gasteiger partial charge < -0.3 is 9.84 Å². The molecule has 3 nitrogen and oxygen atoms in total. The lowest BCUT2D eigenvalue weighted by atomic mass is 10.1. The summed E-state index contributed by atoms with van der Waals surface area (Å²) in [7, 11) is 0. The molecule has 26 heavy (non-hydrogen) atoms. The fourth-order valence-corrected chi connectivity index (χ4v) is 2.84. The van der Waals surface area contributed by atoms with Crippen LogP contribution in [0.2, 0.25) is 0 Å². The van der Waals surface area contributed by atoms with Gasteiger partial charge in [-0.1, -0.05) is 64.0 Å². The summed E-state index contributed by atoms with van der Waals surface area (Å²) < 4.78 is 5.24. The van der Waals surface area contributed by atoms with E-state index in [1.54, 1.807) is 12.1 Å². The Morgan fingerprint density at radius 1 is 0.846 bits per heavy atom. The second-order valence-corrected chi connectivity index (χ2v) is 6.91. The average Bonchev–Trinajstić information content (AvgIpc) is 2.65. The van der Waals surface area contributed by atoms with Crippen molar-refractivity contribution in [2.24, 2.45) is 0 Å². The van der Waals surface area contributed by atoms with E-state index in [9.17, 15) is 9.90 Å². The molecule has 0 unspecified atom stereocenters. The summed E-state index contributed by atoms with van der Waals surface area (Å²) in [6.45, 7) is 2.72. The molecule has 0 amide bonds. The van der Waals surface area contributed by atoms with Gasteiger partial charge in [-0.05, 0) is 56.4 Å². The molecule has 0 saturated heterocycles. The van der Waals surface area contributed by atoms with Crippen LogP contribution in [0.15, 0.2) is 36.4 Å². The summed E-state index contributed by atoms with van der Waals surface area (Å²) in [4.78, 5) is 11.8. The SMILES string of the molecule is CCCCCCC/C=C/CCCCCCCOC(=O)c1ccc(O)cc1. The maximum Gasteiger partial charge on any atom is 0.338 e. The van der Waals surface area contributed by atoms with E-state index in [1.165, 1.54) is 76.3 Å². The fraction of sp³-hybridized carbons (Fsp3) is 0.609. The van der Waals surface area contributed by atoms with Gasteiger partial charge in [0.2, 0.25) is 0 Å². The van der Waals surface area contributed by atoms with Crippen LogP contribution in [0.4, 0.5) is 0 Å². The van der Waals surface area contributed by atoms with Crippen molar-refractivity contribution >= 4 is 5.97 Å². The summed E-state index contributed by atoms with van der Waals surface area (Å²) >= 11 is 0. The molecule has 0 fully saturated rings. The minimum absolute atomic E-state index is 0.156. The number of carbonyl (C=O) groups is 1. The molecule has 1 N–H and O–H groups in total. The van der Waals surface area contributed by atoms with Crippen LogP contribution in [-0.2, 0) is 4.74 Å². The lowest BCUT2D eigenvalue weighted by molar-refractivity contribution is 0.0497. The van der Waals surface area contributed by atoms with E-state index in [4.69, 9.17) is 4.74 Å². The number of phenolic OH excluding ortho intramolecular Hbond substituents is 1. The van der Waals surface area contributed by atoms with Crippen molar-refractivity contribution < 1.29 is 14.6 Å². The predicted octanol–water partition coefficient (Wildman–Crippen LogP) is 6.81. The molecule has 146 valence electrons. The van der Waals surface area contributed by atoms with Crippen molar-refractivity contribution in [3.8, 4) is 5.75 Å².